The van der Waals surface area contributed by atoms with Gasteiger partial charge in [-0.3, -0.25) is 4.98 Å². The molecular weight excluding hydrogens is 372 g/mol. The zero-order chi connectivity index (χ0) is 20.6. The Bertz CT molecular complexity index is 938. The predicted molar refractivity (Wildman–Crippen MR) is 108 cm³/mol. The van der Waals surface area contributed by atoms with Gasteiger partial charge in [0.1, 0.15) is 5.71 Å². The second kappa shape index (κ2) is 9.36. The van der Waals surface area contributed by atoms with Crippen LogP contribution in [0.1, 0.15) is 21.5 Å². The van der Waals surface area contributed by atoms with Crippen molar-refractivity contribution in [2.75, 3.05) is 21.3 Å². The highest BCUT2D eigenvalue weighted by atomic mass is 16.7. The number of nitrogens with zero attached hydrogens (tertiary/aromatic N) is 2. The first kappa shape index (κ1) is 19.9. The third kappa shape index (κ3) is 4.52. The summed E-state index contributed by atoms with van der Waals surface area (Å²) in [5, 5.41) is 4.12. The number of oxime groups is 1. The molecule has 2 aromatic carbocycles. The highest BCUT2D eigenvalue weighted by Gasteiger charge is 2.18. The fourth-order valence-electron chi connectivity index (χ4n) is 2.72. The van der Waals surface area contributed by atoms with Gasteiger partial charge >= 0.3 is 5.97 Å². The van der Waals surface area contributed by atoms with Gasteiger partial charge < -0.3 is 19.0 Å². The molecule has 29 heavy (non-hydrogen) atoms. The van der Waals surface area contributed by atoms with E-state index < -0.39 is 5.97 Å². The Kier molecular flexibility index (Phi) is 6.42. The van der Waals surface area contributed by atoms with E-state index in [2.05, 4.69) is 10.1 Å². The molecule has 0 radical (unpaired) electrons. The topological polar surface area (TPSA) is 79.2 Å². The number of aromatic nitrogens is 1. The normalized spacial score (nSPS) is 10.9. The third-order valence-electron chi connectivity index (χ3n) is 4.12. The molecule has 7 heteroatoms. The number of ether oxygens (including phenoxy) is 3. The Morgan fingerprint density at radius 3 is 1.93 bits per heavy atom. The van der Waals surface area contributed by atoms with Gasteiger partial charge in [0, 0.05) is 23.5 Å². The van der Waals surface area contributed by atoms with Crippen molar-refractivity contribution in [1.82, 2.24) is 4.98 Å². The molecule has 0 N–H and O–H groups in total. The molecular formula is C22H20N2O5. The summed E-state index contributed by atoms with van der Waals surface area (Å²) in [6, 6.07) is 16.0. The zero-order valence-electron chi connectivity index (χ0n) is 16.3. The average molecular weight is 392 g/mol. The van der Waals surface area contributed by atoms with Gasteiger partial charge in [0.15, 0.2) is 11.5 Å². The van der Waals surface area contributed by atoms with Crippen molar-refractivity contribution in [2.24, 2.45) is 5.16 Å². The van der Waals surface area contributed by atoms with E-state index in [1.165, 1.54) is 33.5 Å². The molecule has 0 saturated heterocycles. The Labute approximate surface area is 168 Å². The van der Waals surface area contributed by atoms with Gasteiger partial charge in [-0.2, -0.15) is 0 Å². The Hall–Kier alpha value is -3.87. The van der Waals surface area contributed by atoms with E-state index >= 15 is 0 Å². The van der Waals surface area contributed by atoms with Crippen molar-refractivity contribution in [2.45, 2.75) is 0 Å². The molecule has 0 aliphatic carbocycles. The van der Waals surface area contributed by atoms with Crippen LogP contribution in [0.5, 0.6) is 17.2 Å². The smallest absolute Gasteiger partial charge is 0.366 e. The molecule has 0 spiro atoms. The van der Waals surface area contributed by atoms with Crippen LogP contribution in [-0.4, -0.2) is 38.0 Å². The Morgan fingerprint density at radius 2 is 1.38 bits per heavy atom. The number of pyridine rings is 1. The molecule has 0 saturated carbocycles. The lowest BCUT2D eigenvalue weighted by atomic mass is 10.0. The average Bonchev–Trinajstić information content (AvgIpc) is 2.79. The van der Waals surface area contributed by atoms with Crippen LogP contribution in [0.4, 0.5) is 0 Å². The minimum atomic E-state index is -0.660. The van der Waals surface area contributed by atoms with E-state index in [4.69, 9.17) is 19.0 Å². The van der Waals surface area contributed by atoms with Gasteiger partial charge in [0.2, 0.25) is 5.75 Å². The summed E-state index contributed by atoms with van der Waals surface area (Å²) in [6.07, 6.45) is 3.30. The van der Waals surface area contributed by atoms with E-state index in [9.17, 15) is 4.79 Å². The monoisotopic (exact) mass is 392 g/mol. The summed E-state index contributed by atoms with van der Waals surface area (Å²) in [5.74, 6) is 0.420. The summed E-state index contributed by atoms with van der Waals surface area (Å²) < 4.78 is 15.8. The molecule has 0 amide bonds. The van der Waals surface area contributed by atoms with Crippen LogP contribution in [0.15, 0.2) is 72.1 Å². The van der Waals surface area contributed by atoms with Gasteiger partial charge in [0.05, 0.1) is 26.9 Å². The number of methoxy groups -OCH3 is 3. The highest BCUT2D eigenvalue weighted by Crippen LogP contribution is 2.38. The van der Waals surface area contributed by atoms with Crippen molar-refractivity contribution in [3.63, 3.8) is 0 Å². The molecule has 0 unspecified atom stereocenters. The fraction of sp³-hybridized carbons (Fsp3) is 0.136. The number of rotatable bonds is 7. The number of hydrogen-bond acceptors (Lipinski definition) is 7. The lowest BCUT2D eigenvalue weighted by Gasteiger charge is -2.13. The lowest BCUT2D eigenvalue weighted by Crippen LogP contribution is -2.08. The van der Waals surface area contributed by atoms with E-state index in [-0.39, 0.29) is 5.56 Å². The number of hydrogen-bond donors (Lipinski definition) is 0. The van der Waals surface area contributed by atoms with Crippen LogP contribution in [0, 0.1) is 0 Å². The molecule has 0 aliphatic rings. The van der Waals surface area contributed by atoms with E-state index in [1.807, 2.05) is 30.3 Å². The second-order valence-electron chi connectivity index (χ2n) is 5.83. The van der Waals surface area contributed by atoms with Gasteiger partial charge in [-0.1, -0.05) is 35.5 Å². The third-order valence-corrected chi connectivity index (χ3v) is 4.12. The molecule has 1 aromatic heterocycles. The Morgan fingerprint density at radius 1 is 0.793 bits per heavy atom. The van der Waals surface area contributed by atoms with Crippen molar-refractivity contribution < 1.29 is 23.8 Å². The number of carbonyl (C=O) groups is 1. The maximum Gasteiger partial charge on any atom is 0.366 e. The fourth-order valence-corrected chi connectivity index (χ4v) is 2.72. The summed E-state index contributed by atoms with van der Waals surface area (Å²) in [7, 11) is 4.44. The van der Waals surface area contributed by atoms with E-state index in [0.717, 1.165) is 11.1 Å². The Balaban J connectivity index is 1.95. The minimum absolute atomic E-state index is 0.213. The first-order chi connectivity index (χ1) is 14.2. The van der Waals surface area contributed by atoms with E-state index in [1.54, 1.807) is 24.5 Å². The van der Waals surface area contributed by atoms with Crippen molar-refractivity contribution in [3.8, 4) is 17.2 Å². The molecule has 3 aromatic rings. The van der Waals surface area contributed by atoms with Crippen LogP contribution >= 0.6 is 0 Å². The zero-order valence-corrected chi connectivity index (χ0v) is 16.3. The first-order valence-electron chi connectivity index (χ1n) is 8.73. The van der Waals surface area contributed by atoms with Gasteiger partial charge in [-0.15, -0.1) is 0 Å². The molecule has 1 heterocycles. The first-order valence-corrected chi connectivity index (χ1v) is 8.73. The molecule has 0 bridgehead atoms. The van der Waals surface area contributed by atoms with Crippen molar-refractivity contribution in [1.29, 1.82) is 0 Å². The van der Waals surface area contributed by atoms with Crippen LogP contribution < -0.4 is 14.2 Å². The summed E-state index contributed by atoms with van der Waals surface area (Å²) in [5.41, 5.74) is 2.29. The van der Waals surface area contributed by atoms with Crippen molar-refractivity contribution >= 4 is 11.7 Å². The molecule has 0 aliphatic heterocycles. The van der Waals surface area contributed by atoms with Gasteiger partial charge in [-0.25, -0.2) is 4.79 Å². The number of benzene rings is 2. The molecule has 0 fully saturated rings. The van der Waals surface area contributed by atoms with Crippen LogP contribution in [0.3, 0.4) is 0 Å². The van der Waals surface area contributed by atoms with Crippen LogP contribution in [0.2, 0.25) is 0 Å². The summed E-state index contributed by atoms with van der Waals surface area (Å²) in [4.78, 5) is 21.9. The summed E-state index contributed by atoms with van der Waals surface area (Å²) >= 11 is 0. The van der Waals surface area contributed by atoms with Gasteiger partial charge in [0.25, 0.3) is 0 Å². The second-order valence-corrected chi connectivity index (χ2v) is 5.83. The van der Waals surface area contributed by atoms with Gasteiger partial charge in [-0.05, 0) is 24.3 Å². The maximum atomic E-state index is 12.7. The van der Waals surface area contributed by atoms with Crippen molar-refractivity contribution in [3.05, 3.63) is 83.7 Å². The molecule has 7 nitrogen and oxygen atoms in total. The molecule has 3 rings (SSSR count). The largest absolute Gasteiger partial charge is 0.493 e. The molecule has 0 atom stereocenters. The SMILES string of the molecule is COc1cc(C(=O)O/N=C(/c2ccccc2)c2ccncc2)cc(OC)c1OC. The standard InChI is InChI=1S/C22H20N2O5/c1-26-18-13-17(14-19(27-2)21(18)28-3)22(25)29-24-20(15-7-5-4-6-8-15)16-9-11-23-12-10-16/h4-14H,1-3H3/b24-20-. The predicted octanol–water partition coefficient (Wildman–Crippen LogP) is 3.72. The minimum Gasteiger partial charge on any atom is -0.493 e. The maximum absolute atomic E-state index is 12.7. The quantitative estimate of drug-likeness (QED) is 0.346. The number of carbonyl (C=O) groups excluding carboxylic acids is 1. The lowest BCUT2D eigenvalue weighted by molar-refractivity contribution is 0.0516. The molecule has 148 valence electrons. The highest BCUT2D eigenvalue weighted by molar-refractivity contribution is 6.12. The summed E-state index contributed by atoms with van der Waals surface area (Å²) in [6.45, 7) is 0. The van der Waals surface area contributed by atoms with Crippen LogP contribution in [-0.2, 0) is 4.84 Å². The van der Waals surface area contributed by atoms with E-state index in [0.29, 0.717) is 23.0 Å². The van der Waals surface area contributed by atoms with Crippen LogP contribution in [0.25, 0.3) is 0 Å².